The predicted molar refractivity (Wildman–Crippen MR) is 111 cm³/mol. The first-order chi connectivity index (χ1) is 14.1. The van der Waals surface area contributed by atoms with Gasteiger partial charge in [-0.2, -0.15) is 0 Å². The highest BCUT2D eigenvalue weighted by molar-refractivity contribution is 6.14. The second kappa shape index (κ2) is 9.39. The number of ether oxygens (including phenoxy) is 1. The molecule has 8 nitrogen and oxygen atoms in total. The van der Waals surface area contributed by atoms with E-state index in [1.54, 1.807) is 55.7 Å². The number of hydrogen-bond acceptors (Lipinski definition) is 4. The van der Waals surface area contributed by atoms with Gasteiger partial charge in [-0.15, -0.1) is 0 Å². The lowest BCUT2D eigenvalue weighted by Gasteiger charge is -2.24. The minimum atomic E-state index is -0.120. The van der Waals surface area contributed by atoms with E-state index < -0.39 is 0 Å². The Morgan fingerprint density at radius 1 is 0.931 bits per heavy atom. The molecule has 0 heterocycles. The van der Waals surface area contributed by atoms with Crippen LogP contribution in [-0.2, 0) is 9.53 Å². The summed E-state index contributed by atoms with van der Waals surface area (Å²) < 4.78 is 5.53. The van der Waals surface area contributed by atoms with Crippen LogP contribution in [0.15, 0.2) is 69.9 Å². The summed E-state index contributed by atoms with van der Waals surface area (Å²) in [7, 11) is 1.63. The number of Topliss-reactive ketones (excluding diaryl/α,β-unsaturated/α-hetero) is 1. The number of hydrogen-bond donors (Lipinski definition) is 0. The van der Waals surface area contributed by atoms with Gasteiger partial charge in [0.1, 0.15) is 0 Å². The van der Waals surface area contributed by atoms with Crippen molar-refractivity contribution in [3.63, 3.8) is 0 Å². The number of carbonyl (C=O) groups is 1. The van der Waals surface area contributed by atoms with E-state index in [9.17, 15) is 4.79 Å². The van der Waals surface area contributed by atoms with E-state index in [4.69, 9.17) is 15.8 Å². The van der Waals surface area contributed by atoms with Crippen molar-refractivity contribution in [2.75, 3.05) is 7.11 Å². The maximum atomic E-state index is 13.1. The molecule has 0 aliphatic heterocycles. The fourth-order valence-corrected chi connectivity index (χ4v) is 3.23. The van der Waals surface area contributed by atoms with Gasteiger partial charge in [-0.3, -0.25) is 4.79 Å². The van der Waals surface area contributed by atoms with Gasteiger partial charge in [-0.05, 0) is 46.5 Å². The van der Waals surface area contributed by atoms with Crippen LogP contribution >= 0.6 is 0 Å². The van der Waals surface area contributed by atoms with Crippen molar-refractivity contribution in [2.24, 2.45) is 10.2 Å². The smallest absolute Gasteiger partial charge is 0.185 e. The maximum absolute atomic E-state index is 13.1. The average Bonchev–Trinajstić information content (AvgIpc) is 2.72. The topological polar surface area (TPSA) is 124 Å². The summed E-state index contributed by atoms with van der Waals surface area (Å²) in [6.45, 7) is 0. The molecule has 144 valence electrons. The summed E-state index contributed by atoms with van der Waals surface area (Å²) in [5.41, 5.74) is 21.0. The van der Waals surface area contributed by atoms with Crippen molar-refractivity contribution in [3.8, 4) is 0 Å². The Labute approximate surface area is 167 Å². The quantitative estimate of drug-likeness (QED) is 0.255. The SMILES string of the molecule is COC1CC(=Cc2cccc(N=[N+]=[N-])c2)C(=O)C(=Cc2cccc(N=[N+]=[N-])c2)C1. The molecule has 2 aromatic carbocycles. The molecule has 1 aliphatic rings. The highest BCUT2D eigenvalue weighted by atomic mass is 16.5. The number of carbonyl (C=O) groups excluding carboxylic acids is 1. The van der Waals surface area contributed by atoms with Gasteiger partial charge in [0.15, 0.2) is 5.78 Å². The first-order valence-electron chi connectivity index (χ1n) is 8.92. The van der Waals surface area contributed by atoms with Gasteiger partial charge in [-0.1, -0.05) is 46.6 Å². The summed E-state index contributed by atoms with van der Waals surface area (Å²) in [6.07, 6.45) is 4.47. The van der Waals surface area contributed by atoms with E-state index in [2.05, 4.69) is 20.1 Å². The molecule has 0 aromatic heterocycles. The Kier molecular flexibility index (Phi) is 6.45. The molecule has 8 heteroatoms. The predicted octanol–water partition coefficient (Wildman–Crippen LogP) is 6.42. The fraction of sp³-hybridized carbons (Fsp3) is 0.190. The van der Waals surface area contributed by atoms with E-state index in [0.717, 1.165) is 11.1 Å². The first kappa shape index (κ1) is 19.9. The second-order valence-corrected chi connectivity index (χ2v) is 6.50. The van der Waals surface area contributed by atoms with E-state index in [0.29, 0.717) is 35.4 Å². The lowest BCUT2D eigenvalue weighted by molar-refractivity contribution is -0.113. The van der Waals surface area contributed by atoms with Crippen molar-refractivity contribution < 1.29 is 9.53 Å². The van der Waals surface area contributed by atoms with Gasteiger partial charge in [0.25, 0.3) is 0 Å². The number of benzene rings is 2. The number of methoxy groups -OCH3 is 1. The number of rotatable bonds is 5. The molecule has 0 unspecified atom stereocenters. The minimum Gasteiger partial charge on any atom is -0.381 e. The summed E-state index contributed by atoms with van der Waals surface area (Å²) in [5, 5.41) is 7.20. The molecular weight excluding hydrogens is 368 g/mol. The minimum absolute atomic E-state index is 0.0540. The fourth-order valence-electron chi connectivity index (χ4n) is 3.23. The molecular formula is C21H18N6O2. The number of ketones is 1. The number of azide groups is 2. The first-order valence-corrected chi connectivity index (χ1v) is 8.92. The van der Waals surface area contributed by atoms with Crippen LogP contribution in [0.25, 0.3) is 33.0 Å². The van der Waals surface area contributed by atoms with Crippen molar-refractivity contribution in [1.29, 1.82) is 0 Å². The number of nitrogens with zero attached hydrogens (tertiary/aromatic N) is 6. The van der Waals surface area contributed by atoms with E-state index in [-0.39, 0.29) is 11.9 Å². The van der Waals surface area contributed by atoms with Crippen molar-refractivity contribution in [1.82, 2.24) is 0 Å². The van der Waals surface area contributed by atoms with Crippen molar-refractivity contribution in [3.05, 3.63) is 91.7 Å². The molecule has 3 rings (SSSR count). The molecule has 1 aliphatic carbocycles. The van der Waals surface area contributed by atoms with Crippen LogP contribution in [0.2, 0.25) is 0 Å². The van der Waals surface area contributed by atoms with Gasteiger partial charge in [0, 0.05) is 52.3 Å². The highest BCUT2D eigenvalue weighted by Crippen LogP contribution is 2.31. The molecule has 2 aromatic rings. The third-order valence-corrected chi connectivity index (χ3v) is 4.55. The Morgan fingerprint density at radius 2 is 1.41 bits per heavy atom. The van der Waals surface area contributed by atoms with Gasteiger partial charge in [0.05, 0.1) is 6.10 Å². The molecule has 0 atom stereocenters. The summed E-state index contributed by atoms with van der Waals surface area (Å²) in [6, 6.07) is 14.1. The maximum Gasteiger partial charge on any atom is 0.185 e. The molecule has 0 spiro atoms. The molecule has 1 fully saturated rings. The Bertz CT molecular complexity index is 1010. The van der Waals surface area contributed by atoms with E-state index >= 15 is 0 Å². The van der Waals surface area contributed by atoms with Crippen LogP contribution in [0.3, 0.4) is 0 Å². The largest absolute Gasteiger partial charge is 0.381 e. The third kappa shape index (κ3) is 5.12. The van der Waals surface area contributed by atoms with Crippen LogP contribution < -0.4 is 0 Å². The monoisotopic (exact) mass is 386 g/mol. The van der Waals surface area contributed by atoms with Gasteiger partial charge < -0.3 is 4.74 Å². The van der Waals surface area contributed by atoms with Crippen LogP contribution in [-0.4, -0.2) is 19.0 Å². The van der Waals surface area contributed by atoms with Crippen molar-refractivity contribution in [2.45, 2.75) is 18.9 Å². The second-order valence-electron chi connectivity index (χ2n) is 6.50. The summed E-state index contributed by atoms with van der Waals surface area (Å²) in [5.74, 6) is -0.0540. The van der Waals surface area contributed by atoms with Gasteiger partial charge in [0.2, 0.25) is 0 Å². The van der Waals surface area contributed by atoms with E-state index in [1.165, 1.54) is 0 Å². The summed E-state index contributed by atoms with van der Waals surface area (Å²) >= 11 is 0. The zero-order chi connectivity index (χ0) is 20.6. The zero-order valence-electron chi connectivity index (χ0n) is 15.8. The van der Waals surface area contributed by atoms with Gasteiger partial charge >= 0.3 is 0 Å². The normalized spacial score (nSPS) is 18.9. The molecule has 29 heavy (non-hydrogen) atoms. The van der Waals surface area contributed by atoms with E-state index in [1.807, 2.05) is 12.1 Å². The Balaban J connectivity index is 1.97. The van der Waals surface area contributed by atoms with Crippen LogP contribution in [0.5, 0.6) is 0 Å². The zero-order valence-corrected chi connectivity index (χ0v) is 15.8. The molecule has 0 saturated heterocycles. The average molecular weight is 386 g/mol. The van der Waals surface area contributed by atoms with Crippen LogP contribution in [0, 0.1) is 0 Å². The molecule has 1 saturated carbocycles. The van der Waals surface area contributed by atoms with Crippen LogP contribution in [0.4, 0.5) is 11.4 Å². The third-order valence-electron chi connectivity index (χ3n) is 4.55. The lowest BCUT2D eigenvalue weighted by atomic mass is 9.85. The Morgan fingerprint density at radius 3 is 1.83 bits per heavy atom. The highest BCUT2D eigenvalue weighted by Gasteiger charge is 2.27. The molecule has 0 radical (unpaired) electrons. The molecule has 0 N–H and O–H groups in total. The lowest BCUT2D eigenvalue weighted by Crippen LogP contribution is -2.25. The summed E-state index contributed by atoms with van der Waals surface area (Å²) in [4.78, 5) is 18.6. The Hall–Kier alpha value is -3.83. The molecule has 0 bridgehead atoms. The van der Waals surface area contributed by atoms with Crippen molar-refractivity contribution >= 4 is 29.3 Å². The van der Waals surface area contributed by atoms with Crippen LogP contribution in [0.1, 0.15) is 24.0 Å². The van der Waals surface area contributed by atoms with Gasteiger partial charge in [-0.25, -0.2) is 0 Å². The standard InChI is InChI=1S/C21H18N6O2/c1-29-20-12-16(8-14-4-2-6-18(10-14)24-26-22)21(28)17(13-20)9-15-5-3-7-19(11-15)25-27-23/h2-11,20H,12-13H2,1H3. The molecule has 0 amide bonds.